The Morgan fingerprint density at radius 2 is 2.20 bits per heavy atom. The second kappa shape index (κ2) is 7.60. The summed E-state index contributed by atoms with van der Waals surface area (Å²) in [6, 6.07) is 3.39. The average Bonchev–Trinajstić information content (AvgIpc) is 3.13. The number of furan rings is 1. The van der Waals surface area contributed by atoms with Crippen LogP contribution in [-0.2, 0) is 27.4 Å². The molecule has 1 N–H and O–H groups in total. The molecule has 25 heavy (non-hydrogen) atoms. The third-order valence-electron chi connectivity index (χ3n) is 3.50. The summed E-state index contributed by atoms with van der Waals surface area (Å²) >= 11 is 0. The van der Waals surface area contributed by atoms with Crippen LogP contribution in [0.2, 0.25) is 0 Å². The molecule has 0 unspecified atom stereocenters. The molecule has 10 heteroatoms. The van der Waals surface area contributed by atoms with Crippen molar-refractivity contribution < 1.29 is 23.7 Å². The molecule has 1 amide bonds. The van der Waals surface area contributed by atoms with Crippen LogP contribution < -0.4 is 5.32 Å². The lowest BCUT2D eigenvalue weighted by Gasteiger charge is -2.13. The lowest BCUT2D eigenvalue weighted by Crippen LogP contribution is -2.36. The SMILES string of the molecule is Cc1nn(CC(=O)O[C@H](C)C(=O)NCc2ccco2)c(C)c1[N+](=O)[O-]. The van der Waals surface area contributed by atoms with Gasteiger partial charge in [-0.2, -0.15) is 5.10 Å². The molecule has 0 bridgehead atoms. The Labute approximate surface area is 142 Å². The van der Waals surface area contributed by atoms with E-state index in [2.05, 4.69) is 10.4 Å². The number of nitrogens with one attached hydrogen (secondary N) is 1. The maximum absolute atomic E-state index is 12.0. The summed E-state index contributed by atoms with van der Waals surface area (Å²) in [7, 11) is 0. The number of rotatable bonds is 7. The zero-order valence-electron chi connectivity index (χ0n) is 14.0. The van der Waals surface area contributed by atoms with Crippen LogP contribution in [0.5, 0.6) is 0 Å². The number of carbonyl (C=O) groups is 2. The highest BCUT2D eigenvalue weighted by Gasteiger charge is 2.24. The number of esters is 1. The zero-order valence-corrected chi connectivity index (χ0v) is 14.0. The molecule has 1 atom stereocenters. The van der Waals surface area contributed by atoms with Gasteiger partial charge in [-0.1, -0.05) is 0 Å². The van der Waals surface area contributed by atoms with Gasteiger partial charge in [0.25, 0.3) is 5.91 Å². The molecule has 2 aromatic heterocycles. The van der Waals surface area contributed by atoms with E-state index in [-0.39, 0.29) is 30.2 Å². The summed E-state index contributed by atoms with van der Waals surface area (Å²) < 4.78 is 11.3. The smallest absolute Gasteiger partial charge is 0.328 e. The van der Waals surface area contributed by atoms with E-state index in [9.17, 15) is 19.7 Å². The summed E-state index contributed by atoms with van der Waals surface area (Å²) in [6.45, 7) is 4.26. The van der Waals surface area contributed by atoms with E-state index in [0.717, 1.165) is 0 Å². The molecule has 2 rings (SSSR count). The van der Waals surface area contributed by atoms with Crippen molar-refractivity contribution in [2.24, 2.45) is 0 Å². The molecular formula is C15H18N4O6. The molecule has 0 aliphatic rings. The molecule has 0 radical (unpaired) electrons. The Morgan fingerprint density at radius 3 is 2.76 bits per heavy atom. The van der Waals surface area contributed by atoms with Gasteiger partial charge in [0.05, 0.1) is 17.7 Å². The fraction of sp³-hybridized carbons (Fsp3) is 0.400. The molecule has 0 aliphatic heterocycles. The number of nitrogens with zero attached hydrogens (tertiary/aromatic N) is 3. The van der Waals surface area contributed by atoms with Crippen molar-refractivity contribution in [2.75, 3.05) is 0 Å². The molecule has 0 fully saturated rings. The van der Waals surface area contributed by atoms with E-state index >= 15 is 0 Å². The standard InChI is InChI=1S/C15H18N4O6/c1-9-14(19(22)23)10(2)18(17-9)8-13(20)25-11(3)15(21)16-7-12-5-4-6-24-12/h4-6,11H,7-8H2,1-3H3,(H,16,21)/t11-/m1/s1. The highest BCUT2D eigenvalue weighted by Crippen LogP contribution is 2.21. The second-order valence-corrected chi connectivity index (χ2v) is 5.36. The first kappa shape index (κ1) is 18.2. The van der Waals surface area contributed by atoms with Crippen molar-refractivity contribution in [3.63, 3.8) is 0 Å². The number of aryl methyl sites for hydroxylation is 1. The van der Waals surface area contributed by atoms with Gasteiger partial charge in [-0.25, -0.2) is 0 Å². The van der Waals surface area contributed by atoms with Gasteiger partial charge < -0.3 is 14.5 Å². The number of amides is 1. The minimum atomic E-state index is -1.02. The predicted molar refractivity (Wildman–Crippen MR) is 84.5 cm³/mol. The van der Waals surface area contributed by atoms with Crippen LogP contribution >= 0.6 is 0 Å². The number of carbonyl (C=O) groups excluding carboxylic acids is 2. The monoisotopic (exact) mass is 350 g/mol. The molecule has 0 saturated heterocycles. The van der Waals surface area contributed by atoms with Gasteiger partial charge >= 0.3 is 11.7 Å². The first-order valence-electron chi connectivity index (χ1n) is 7.47. The van der Waals surface area contributed by atoms with Crippen LogP contribution in [-0.4, -0.2) is 32.7 Å². The van der Waals surface area contributed by atoms with Crippen molar-refractivity contribution >= 4 is 17.6 Å². The van der Waals surface area contributed by atoms with Crippen LogP contribution in [0.3, 0.4) is 0 Å². The molecular weight excluding hydrogens is 332 g/mol. The molecule has 2 aromatic rings. The summed E-state index contributed by atoms with van der Waals surface area (Å²) in [4.78, 5) is 34.3. The molecule has 0 aromatic carbocycles. The van der Waals surface area contributed by atoms with Crippen LogP contribution in [0.4, 0.5) is 5.69 Å². The van der Waals surface area contributed by atoms with Gasteiger partial charge in [0.15, 0.2) is 6.10 Å². The molecule has 134 valence electrons. The summed E-state index contributed by atoms with van der Waals surface area (Å²) in [5.41, 5.74) is 0.311. The fourth-order valence-electron chi connectivity index (χ4n) is 2.25. The largest absolute Gasteiger partial charge is 0.467 e. The Bertz CT molecular complexity index is 780. The van der Waals surface area contributed by atoms with Crippen molar-refractivity contribution in [2.45, 2.75) is 40.0 Å². The summed E-state index contributed by atoms with van der Waals surface area (Å²) in [6.07, 6.45) is 0.466. The van der Waals surface area contributed by atoms with Gasteiger partial charge in [-0.3, -0.25) is 24.4 Å². The third kappa shape index (κ3) is 4.43. The lowest BCUT2D eigenvalue weighted by molar-refractivity contribution is -0.386. The maximum Gasteiger partial charge on any atom is 0.328 e. The topological polar surface area (TPSA) is 130 Å². The predicted octanol–water partition coefficient (Wildman–Crippen LogP) is 1.25. The van der Waals surface area contributed by atoms with E-state index in [1.165, 1.54) is 31.7 Å². The van der Waals surface area contributed by atoms with E-state index in [1.54, 1.807) is 12.1 Å². The van der Waals surface area contributed by atoms with Crippen LogP contribution in [0, 0.1) is 24.0 Å². The normalized spacial score (nSPS) is 11.8. The van der Waals surface area contributed by atoms with E-state index in [0.29, 0.717) is 5.76 Å². The van der Waals surface area contributed by atoms with Gasteiger partial charge in [0.2, 0.25) is 0 Å². The number of hydrogen-bond acceptors (Lipinski definition) is 7. The number of ether oxygens (including phenoxy) is 1. The van der Waals surface area contributed by atoms with Crippen LogP contribution in [0.25, 0.3) is 0 Å². The number of nitro groups is 1. The van der Waals surface area contributed by atoms with Gasteiger partial charge in [0.1, 0.15) is 23.7 Å². The quantitative estimate of drug-likeness (QED) is 0.452. The third-order valence-corrected chi connectivity index (χ3v) is 3.50. The van der Waals surface area contributed by atoms with E-state index in [1.807, 2.05) is 0 Å². The summed E-state index contributed by atoms with van der Waals surface area (Å²) in [5.74, 6) is -0.632. The molecule has 10 nitrogen and oxygen atoms in total. The minimum absolute atomic E-state index is 0.142. The second-order valence-electron chi connectivity index (χ2n) is 5.36. The molecule has 0 aliphatic carbocycles. The molecule has 0 spiro atoms. The Balaban J connectivity index is 1.90. The van der Waals surface area contributed by atoms with Crippen molar-refractivity contribution in [3.8, 4) is 0 Å². The van der Waals surface area contributed by atoms with Crippen molar-refractivity contribution in [1.29, 1.82) is 0 Å². The van der Waals surface area contributed by atoms with Crippen molar-refractivity contribution in [1.82, 2.24) is 15.1 Å². The van der Waals surface area contributed by atoms with E-state index in [4.69, 9.17) is 9.15 Å². The Hall–Kier alpha value is -3.17. The molecule has 0 saturated carbocycles. The summed E-state index contributed by atoms with van der Waals surface area (Å²) in [5, 5.41) is 17.5. The first-order chi connectivity index (χ1) is 11.8. The first-order valence-corrected chi connectivity index (χ1v) is 7.47. The van der Waals surface area contributed by atoms with Gasteiger partial charge in [-0.15, -0.1) is 0 Å². The maximum atomic E-state index is 12.0. The van der Waals surface area contributed by atoms with Gasteiger partial charge in [0, 0.05) is 0 Å². The van der Waals surface area contributed by atoms with Crippen molar-refractivity contribution in [3.05, 3.63) is 45.7 Å². The lowest BCUT2D eigenvalue weighted by atomic mass is 10.3. The van der Waals surface area contributed by atoms with Gasteiger partial charge in [-0.05, 0) is 32.9 Å². The van der Waals surface area contributed by atoms with Crippen LogP contribution in [0.1, 0.15) is 24.1 Å². The molecule has 2 heterocycles. The number of hydrogen-bond donors (Lipinski definition) is 1. The number of aromatic nitrogens is 2. The van der Waals surface area contributed by atoms with Crippen LogP contribution in [0.15, 0.2) is 22.8 Å². The Kier molecular flexibility index (Phi) is 5.52. The minimum Gasteiger partial charge on any atom is -0.467 e. The Morgan fingerprint density at radius 1 is 1.48 bits per heavy atom. The van der Waals surface area contributed by atoms with E-state index < -0.39 is 22.9 Å². The highest BCUT2D eigenvalue weighted by atomic mass is 16.6. The highest BCUT2D eigenvalue weighted by molar-refractivity contribution is 5.83. The average molecular weight is 350 g/mol. The zero-order chi connectivity index (χ0) is 18.6. The fourth-order valence-corrected chi connectivity index (χ4v) is 2.25.